The third-order valence-electron chi connectivity index (χ3n) is 2.80. The van der Waals surface area contributed by atoms with Gasteiger partial charge in [0.05, 0.1) is 22.1 Å². The number of anilines is 1. The van der Waals surface area contributed by atoms with Gasteiger partial charge in [0.25, 0.3) is 5.91 Å². The summed E-state index contributed by atoms with van der Waals surface area (Å²) in [6, 6.07) is 5.47. The SMILES string of the molecule is Cc1cc(NN)c(C(=O)N(C)Cc2ccc(Cl)s2)cn1. The molecular formula is C13H15ClN4OS. The summed E-state index contributed by atoms with van der Waals surface area (Å²) in [6.45, 7) is 2.33. The first-order valence-corrected chi connectivity index (χ1v) is 7.13. The third-order valence-corrected chi connectivity index (χ3v) is 4.01. The minimum Gasteiger partial charge on any atom is -0.336 e. The Morgan fingerprint density at radius 1 is 1.55 bits per heavy atom. The van der Waals surface area contributed by atoms with Gasteiger partial charge in [0.15, 0.2) is 0 Å². The van der Waals surface area contributed by atoms with Gasteiger partial charge in [-0.15, -0.1) is 11.3 Å². The van der Waals surface area contributed by atoms with Gasteiger partial charge in [0.1, 0.15) is 0 Å². The average molecular weight is 311 g/mol. The molecule has 3 N–H and O–H groups in total. The van der Waals surface area contributed by atoms with Crippen molar-refractivity contribution in [3.05, 3.63) is 44.9 Å². The van der Waals surface area contributed by atoms with Gasteiger partial charge in [-0.05, 0) is 25.1 Å². The molecule has 5 nitrogen and oxygen atoms in total. The highest BCUT2D eigenvalue weighted by Gasteiger charge is 2.17. The van der Waals surface area contributed by atoms with Crippen LogP contribution in [0.1, 0.15) is 20.9 Å². The van der Waals surface area contributed by atoms with Crippen molar-refractivity contribution in [3.8, 4) is 0 Å². The van der Waals surface area contributed by atoms with E-state index in [1.54, 1.807) is 18.0 Å². The maximum absolute atomic E-state index is 12.4. The number of aromatic nitrogens is 1. The van der Waals surface area contributed by atoms with Crippen LogP contribution in [-0.2, 0) is 6.54 Å². The number of hydrazine groups is 1. The zero-order chi connectivity index (χ0) is 14.7. The van der Waals surface area contributed by atoms with Crippen LogP contribution in [0.5, 0.6) is 0 Å². The second-order valence-corrected chi connectivity index (χ2v) is 6.18. The summed E-state index contributed by atoms with van der Waals surface area (Å²) >= 11 is 7.34. The molecule has 0 radical (unpaired) electrons. The zero-order valence-electron chi connectivity index (χ0n) is 11.2. The smallest absolute Gasteiger partial charge is 0.257 e. The van der Waals surface area contributed by atoms with Crippen LogP contribution in [0, 0.1) is 6.92 Å². The van der Waals surface area contributed by atoms with E-state index in [-0.39, 0.29) is 5.91 Å². The monoisotopic (exact) mass is 310 g/mol. The number of nitrogens with one attached hydrogen (secondary N) is 1. The van der Waals surface area contributed by atoms with Gasteiger partial charge in [0, 0.05) is 23.8 Å². The second kappa shape index (κ2) is 6.21. The molecule has 0 fully saturated rings. The van der Waals surface area contributed by atoms with Crippen molar-refractivity contribution in [1.29, 1.82) is 0 Å². The first kappa shape index (κ1) is 14.8. The number of nitrogens with zero attached hydrogens (tertiary/aromatic N) is 2. The lowest BCUT2D eigenvalue weighted by Gasteiger charge is -2.18. The minimum absolute atomic E-state index is 0.144. The number of hydrogen-bond acceptors (Lipinski definition) is 5. The van der Waals surface area contributed by atoms with E-state index in [2.05, 4.69) is 10.4 Å². The molecule has 2 aromatic heterocycles. The van der Waals surface area contributed by atoms with Gasteiger partial charge in [-0.25, -0.2) is 0 Å². The number of rotatable bonds is 4. The first-order chi connectivity index (χ1) is 9.51. The Morgan fingerprint density at radius 2 is 2.30 bits per heavy atom. The number of aryl methyl sites for hydroxylation is 1. The van der Waals surface area contributed by atoms with Crippen molar-refractivity contribution < 1.29 is 4.79 Å². The van der Waals surface area contributed by atoms with Gasteiger partial charge in [-0.1, -0.05) is 11.6 Å². The van der Waals surface area contributed by atoms with Gasteiger partial charge in [-0.3, -0.25) is 15.6 Å². The number of carbonyl (C=O) groups is 1. The van der Waals surface area contributed by atoms with E-state index in [4.69, 9.17) is 17.4 Å². The van der Waals surface area contributed by atoms with Crippen LogP contribution < -0.4 is 11.3 Å². The summed E-state index contributed by atoms with van der Waals surface area (Å²) in [5, 5.41) is 0. The largest absolute Gasteiger partial charge is 0.336 e. The molecule has 2 rings (SSSR count). The van der Waals surface area contributed by atoms with Crippen LogP contribution in [0.4, 0.5) is 5.69 Å². The summed E-state index contributed by atoms with van der Waals surface area (Å²) in [7, 11) is 1.73. The van der Waals surface area contributed by atoms with E-state index in [0.29, 0.717) is 22.1 Å². The predicted octanol–water partition coefficient (Wildman–Crippen LogP) is 2.66. The van der Waals surface area contributed by atoms with Gasteiger partial charge in [-0.2, -0.15) is 0 Å². The lowest BCUT2D eigenvalue weighted by atomic mass is 10.2. The van der Waals surface area contributed by atoms with Crippen LogP contribution in [0.15, 0.2) is 24.4 Å². The Labute approximate surface area is 126 Å². The number of thiophene rings is 1. The molecule has 0 saturated heterocycles. The molecular weight excluding hydrogens is 296 g/mol. The van der Waals surface area contributed by atoms with Crippen molar-refractivity contribution in [2.24, 2.45) is 5.84 Å². The highest BCUT2D eigenvalue weighted by Crippen LogP contribution is 2.23. The van der Waals surface area contributed by atoms with E-state index in [0.717, 1.165) is 10.6 Å². The molecule has 20 heavy (non-hydrogen) atoms. The van der Waals surface area contributed by atoms with E-state index < -0.39 is 0 Å². The van der Waals surface area contributed by atoms with Crippen LogP contribution in [0.3, 0.4) is 0 Å². The van der Waals surface area contributed by atoms with Gasteiger partial charge >= 0.3 is 0 Å². The lowest BCUT2D eigenvalue weighted by molar-refractivity contribution is 0.0787. The highest BCUT2D eigenvalue weighted by atomic mass is 35.5. The fourth-order valence-corrected chi connectivity index (χ4v) is 2.94. The lowest BCUT2D eigenvalue weighted by Crippen LogP contribution is -2.27. The molecule has 0 aromatic carbocycles. The van der Waals surface area contributed by atoms with Gasteiger partial charge in [0.2, 0.25) is 0 Å². The van der Waals surface area contributed by atoms with E-state index >= 15 is 0 Å². The Balaban J connectivity index is 2.18. The molecule has 0 saturated carbocycles. The number of nitrogen functional groups attached to an aromatic ring is 1. The summed E-state index contributed by atoms with van der Waals surface area (Å²) in [5.41, 5.74) is 4.34. The minimum atomic E-state index is -0.144. The van der Waals surface area contributed by atoms with Crippen LogP contribution in [0.2, 0.25) is 4.34 Å². The summed E-state index contributed by atoms with van der Waals surface area (Å²) in [6.07, 6.45) is 1.53. The average Bonchev–Trinajstić information content (AvgIpc) is 2.83. The third kappa shape index (κ3) is 3.27. The van der Waals surface area contributed by atoms with Crippen LogP contribution in [0.25, 0.3) is 0 Å². The quantitative estimate of drug-likeness (QED) is 0.673. The number of carbonyl (C=O) groups excluding carboxylic acids is 1. The molecule has 0 bridgehead atoms. The Hall–Kier alpha value is -1.63. The molecule has 0 aliphatic carbocycles. The molecule has 0 atom stereocenters. The number of halogens is 1. The van der Waals surface area contributed by atoms with Crippen molar-refractivity contribution in [2.45, 2.75) is 13.5 Å². The number of hydrogen-bond donors (Lipinski definition) is 2. The fourth-order valence-electron chi connectivity index (χ4n) is 1.80. The number of pyridine rings is 1. The molecule has 2 heterocycles. The predicted molar refractivity (Wildman–Crippen MR) is 81.9 cm³/mol. The molecule has 7 heteroatoms. The van der Waals surface area contributed by atoms with Crippen molar-refractivity contribution in [1.82, 2.24) is 9.88 Å². The Morgan fingerprint density at radius 3 is 2.90 bits per heavy atom. The molecule has 1 amide bonds. The fraction of sp³-hybridized carbons (Fsp3) is 0.231. The van der Waals surface area contributed by atoms with Crippen molar-refractivity contribution >= 4 is 34.5 Å². The van der Waals surface area contributed by atoms with Crippen LogP contribution >= 0.6 is 22.9 Å². The number of amides is 1. The van der Waals surface area contributed by atoms with E-state index in [1.165, 1.54) is 17.5 Å². The highest BCUT2D eigenvalue weighted by molar-refractivity contribution is 7.16. The Kier molecular flexibility index (Phi) is 4.59. The standard InChI is InChI=1S/C13H15ClN4OS/c1-8-5-11(17-15)10(6-16-8)13(19)18(2)7-9-3-4-12(14)20-9/h3-6H,7,15H2,1-2H3,(H,16,17). The van der Waals surface area contributed by atoms with E-state index in [1.807, 2.05) is 19.1 Å². The molecule has 0 unspecified atom stereocenters. The zero-order valence-corrected chi connectivity index (χ0v) is 12.8. The normalized spacial score (nSPS) is 10.4. The maximum Gasteiger partial charge on any atom is 0.257 e. The first-order valence-electron chi connectivity index (χ1n) is 5.94. The molecule has 2 aromatic rings. The molecule has 0 aliphatic heterocycles. The molecule has 0 aliphatic rings. The van der Waals surface area contributed by atoms with Crippen molar-refractivity contribution in [3.63, 3.8) is 0 Å². The van der Waals surface area contributed by atoms with Crippen molar-refractivity contribution in [2.75, 3.05) is 12.5 Å². The molecule has 106 valence electrons. The maximum atomic E-state index is 12.4. The topological polar surface area (TPSA) is 71.2 Å². The number of nitrogens with two attached hydrogens (primary N) is 1. The summed E-state index contributed by atoms with van der Waals surface area (Å²) in [5.74, 6) is 5.31. The summed E-state index contributed by atoms with van der Waals surface area (Å²) in [4.78, 5) is 19.2. The van der Waals surface area contributed by atoms with E-state index in [9.17, 15) is 4.79 Å². The summed E-state index contributed by atoms with van der Waals surface area (Å²) < 4.78 is 0.710. The molecule has 0 spiro atoms. The van der Waals surface area contributed by atoms with Gasteiger partial charge < -0.3 is 10.3 Å². The second-order valence-electron chi connectivity index (χ2n) is 4.38. The Bertz CT molecular complexity index is 629. The van der Waals surface area contributed by atoms with Crippen LogP contribution in [-0.4, -0.2) is 22.8 Å².